The number of rotatable bonds is 6. The van der Waals surface area contributed by atoms with Gasteiger partial charge in [-0.3, -0.25) is 5.21 Å². The van der Waals surface area contributed by atoms with Crippen LogP contribution in [0, 0.1) is 0 Å². The first-order chi connectivity index (χ1) is 11.6. The van der Waals surface area contributed by atoms with E-state index in [-0.39, 0.29) is 12.1 Å². The number of carbonyl (C=O) groups is 1. The van der Waals surface area contributed by atoms with Crippen molar-refractivity contribution < 1.29 is 29.0 Å². The van der Waals surface area contributed by atoms with Gasteiger partial charge >= 0.3 is 5.97 Å². The maximum absolute atomic E-state index is 12.1. The zero-order valence-electron chi connectivity index (χ0n) is 13.9. The molecule has 0 aromatic heterocycles. The Hall–Kier alpha value is -3.02. The predicted molar refractivity (Wildman–Crippen MR) is 88.2 cm³/mol. The fourth-order valence-corrected chi connectivity index (χ4v) is 2.29. The minimum Gasteiger partial charge on any atom is -0.497 e. The van der Waals surface area contributed by atoms with E-state index in [0.29, 0.717) is 17.1 Å². The van der Waals surface area contributed by atoms with Crippen LogP contribution in [0.5, 0.6) is 11.5 Å². The molecule has 126 valence electrons. The molecule has 0 unspecified atom stereocenters. The molecule has 2 aromatic carbocycles. The Morgan fingerprint density at radius 1 is 1.12 bits per heavy atom. The summed E-state index contributed by atoms with van der Waals surface area (Å²) in [5.74, 6) is 0.244. The smallest absolute Gasteiger partial charge is 0.342 e. The Bertz CT molecular complexity index is 741. The number of benzene rings is 2. The lowest BCUT2D eigenvalue weighted by molar-refractivity contribution is -0.783. The number of methoxy groups -OCH3 is 3. The molecule has 1 N–H and O–H groups in total. The molecule has 0 saturated heterocycles. The average Bonchev–Trinajstić information content (AvgIpc) is 2.61. The van der Waals surface area contributed by atoms with Crippen molar-refractivity contribution in [2.45, 2.75) is 6.54 Å². The summed E-state index contributed by atoms with van der Waals surface area (Å²) in [5, 5.41) is 10.2. The minimum atomic E-state index is -0.561. The third kappa shape index (κ3) is 4.04. The van der Waals surface area contributed by atoms with Crippen molar-refractivity contribution in [2.24, 2.45) is 0 Å². The second-order valence-corrected chi connectivity index (χ2v) is 5.00. The van der Waals surface area contributed by atoms with Crippen LogP contribution in [0.15, 0.2) is 42.5 Å². The number of hydrogen-bond acceptors (Lipinski definition) is 5. The number of nitrogens with zero attached hydrogens (tertiary/aromatic N) is 1. The summed E-state index contributed by atoms with van der Waals surface area (Å²) in [6.45, 7) is 0.265. The van der Waals surface area contributed by atoms with E-state index in [9.17, 15) is 10.0 Å². The molecule has 0 aliphatic carbocycles. The predicted octanol–water partition coefficient (Wildman–Crippen LogP) is 2.51. The fraction of sp³-hybridized carbons (Fsp3) is 0.222. The fourth-order valence-electron chi connectivity index (χ4n) is 2.29. The van der Waals surface area contributed by atoms with E-state index in [1.54, 1.807) is 12.1 Å². The monoisotopic (exact) mass is 330 g/mol. The Morgan fingerprint density at radius 2 is 1.83 bits per heavy atom. The standard InChI is InChI=1S/C18H20NO5/c1-22-15-9-14(17(18(20)24-3)16(10-15)23-2)12-19(21)11-13-7-5-4-6-8-13/h4-10,12,21H,11H2,1-3H3/q+1/b19-12-. The van der Waals surface area contributed by atoms with Crippen LogP contribution in [0.1, 0.15) is 21.5 Å². The van der Waals surface area contributed by atoms with Crippen LogP contribution in [-0.2, 0) is 11.3 Å². The Kier molecular flexibility index (Phi) is 5.78. The number of hydroxylamine groups is 1. The van der Waals surface area contributed by atoms with Crippen LogP contribution in [0.25, 0.3) is 0 Å². The zero-order chi connectivity index (χ0) is 17.5. The second-order valence-electron chi connectivity index (χ2n) is 5.00. The molecule has 24 heavy (non-hydrogen) atoms. The van der Waals surface area contributed by atoms with Gasteiger partial charge in [0.1, 0.15) is 17.1 Å². The summed E-state index contributed by atoms with van der Waals surface area (Å²) in [5.41, 5.74) is 1.56. The van der Waals surface area contributed by atoms with E-state index < -0.39 is 5.97 Å². The van der Waals surface area contributed by atoms with Crippen molar-refractivity contribution >= 4 is 12.2 Å². The zero-order valence-corrected chi connectivity index (χ0v) is 13.9. The number of esters is 1. The molecular formula is C18H20NO5+. The molecule has 0 saturated carbocycles. The molecule has 0 spiro atoms. The molecule has 0 atom stereocenters. The lowest BCUT2D eigenvalue weighted by Gasteiger charge is -2.11. The molecular weight excluding hydrogens is 310 g/mol. The van der Waals surface area contributed by atoms with Gasteiger partial charge in [-0.2, -0.15) is 0 Å². The van der Waals surface area contributed by atoms with Crippen molar-refractivity contribution in [3.8, 4) is 11.5 Å². The van der Waals surface area contributed by atoms with Crippen molar-refractivity contribution in [1.29, 1.82) is 0 Å². The van der Waals surface area contributed by atoms with Crippen LogP contribution >= 0.6 is 0 Å². The van der Waals surface area contributed by atoms with Crippen molar-refractivity contribution in [1.82, 2.24) is 0 Å². The highest BCUT2D eigenvalue weighted by Gasteiger charge is 2.22. The molecule has 0 heterocycles. The lowest BCUT2D eigenvalue weighted by Crippen LogP contribution is -2.14. The van der Waals surface area contributed by atoms with E-state index >= 15 is 0 Å². The molecule has 0 fully saturated rings. The third-order valence-corrected chi connectivity index (χ3v) is 3.43. The molecule has 2 aromatic rings. The van der Waals surface area contributed by atoms with Crippen molar-refractivity contribution in [2.75, 3.05) is 21.3 Å². The summed E-state index contributed by atoms with van der Waals surface area (Å²) < 4.78 is 16.3. The van der Waals surface area contributed by atoms with E-state index in [0.717, 1.165) is 10.3 Å². The van der Waals surface area contributed by atoms with E-state index in [4.69, 9.17) is 14.2 Å². The van der Waals surface area contributed by atoms with E-state index in [2.05, 4.69) is 0 Å². The lowest BCUT2D eigenvalue weighted by atomic mass is 10.1. The molecule has 0 radical (unpaired) electrons. The topological polar surface area (TPSA) is 68.0 Å². The quantitative estimate of drug-likeness (QED) is 0.290. The molecule has 6 heteroatoms. The maximum Gasteiger partial charge on any atom is 0.342 e. The van der Waals surface area contributed by atoms with Gasteiger partial charge in [0.05, 0.1) is 26.9 Å². The summed E-state index contributed by atoms with van der Waals surface area (Å²) in [6, 6.07) is 12.7. The molecule has 2 rings (SSSR count). The van der Waals surface area contributed by atoms with Crippen molar-refractivity contribution in [3.63, 3.8) is 0 Å². The summed E-state index contributed by atoms with van der Waals surface area (Å²) in [6.07, 6.45) is 1.43. The van der Waals surface area contributed by atoms with Crippen LogP contribution in [0.4, 0.5) is 0 Å². The van der Waals surface area contributed by atoms with Gasteiger partial charge in [0.25, 0.3) is 0 Å². The van der Waals surface area contributed by atoms with Crippen LogP contribution in [0.2, 0.25) is 0 Å². The van der Waals surface area contributed by atoms with E-state index in [1.807, 2.05) is 30.3 Å². The van der Waals surface area contributed by atoms with Crippen LogP contribution < -0.4 is 9.47 Å². The summed E-state index contributed by atoms with van der Waals surface area (Å²) in [7, 11) is 4.25. The molecule has 0 aliphatic rings. The first-order valence-corrected chi connectivity index (χ1v) is 7.27. The molecule has 0 amide bonds. The average molecular weight is 330 g/mol. The SMILES string of the molecule is COC(=O)c1c(/C=[N+](\O)Cc2ccccc2)cc(OC)cc1OC. The molecule has 6 nitrogen and oxygen atoms in total. The third-order valence-electron chi connectivity index (χ3n) is 3.43. The highest BCUT2D eigenvalue weighted by Crippen LogP contribution is 2.28. The van der Waals surface area contributed by atoms with Crippen molar-refractivity contribution in [3.05, 3.63) is 59.2 Å². The van der Waals surface area contributed by atoms with Gasteiger partial charge in [-0.05, 0) is 10.8 Å². The second kappa shape index (κ2) is 8.01. The molecule has 0 aliphatic heterocycles. The van der Waals surface area contributed by atoms with Gasteiger partial charge < -0.3 is 14.2 Å². The van der Waals surface area contributed by atoms with Gasteiger partial charge in [-0.15, -0.1) is 0 Å². The first-order valence-electron chi connectivity index (χ1n) is 7.27. The van der Waals surface area contributed by atoms with Gasteiger partial charge in [0.15, 0.2) is 0 Å². The van der Waals surface area contributed by atoms with E-state index in [1.165, 1.54) is 27.5 Å². The molecule has 0 bridgehead atoms. The summed E-state index contributed by atoms with van der Waals surface area (Å²) in [4.78, 5) is 12.1. The van der Waals surface area contributed by atoms with Crippen LogP contribution in [0.3, 0.4) is 0 Å². The van der Waals surface area contributed by atoms with Gasteiger partial charge in [0, 0.05) is 11.6 Å². The Labute approximate surface area is 140 Å². The number of carbonyl (C=O) groups excluding carboxylic acids is 1. The maximum atomic E-state index is 12.1. The highest BCUT2D eigenvalue weighted by atomic mass is 16.5. The Balaban J connectivity index is 2.46. The number of hydrogen-bond donors (Lipinski definition) is 1. The highest BCUT2D eigenvalue weighted by molar-refractivity contribution is 6.01. The van der Waals surface area contributed by atoms with Gasteiger partial charge in [0.2, 0.25) is 12.8 Å². The van der Waals surface area contributed by atoms with Crippen LogP contribution in [-0.4, -0.2) is 43.5 Å². The minimum absolute atomic E-state index is 0.216. The summed E-state index contributed by atoms with van der Waals surface area (Å²) >= 11 is 0. The Morgan fingerprint density at radius 3 is 2.42 bits per heavy atom. The van der Waals surface area contributed by atoms with Gasteiger partial charge in [-0.25, -0.2) is 4.79 Å². The number of ether oxygens (including phenoxy) is 3. The first kappa shape index (κ1) is 17.3. The van der Waals surface area contributed by atoms with Gasteiger partial charge in [-0.1, -0.05) is 30.3 Å². The largest absolute Gasteiger partial charge is 0.497 e. The normalized spacial score (nSPS) is 11.0.